The Balaban J connectivity index is 1.45. The van der Waals surface area contributed by atoms with Gasteiger partial charge in [-0.3, -0.25) is 9.69 Å². The fourth-order valence-electron chi connectivity index (χ4n) is 4.70. The molecule has 6 nitrogen and oxygen atoms in total. The third-order valence-corrected chi connectivity index (χ3v) is 7.49. The SMILES string of the molecule is O=C(c1sc2ccccc2c1C[C@@H]1CCCCN1Cc1ncc[nH]1)N1CCOCC1. The number of H-pyrrole nitrogens is 1. The zero-order valence-electron chi connectivity index (χ0n) is 17.2. The van der Waals surface area contributed by atoms with Crippen molar-refractivity contribution in [2.75, 3.05) is 32.8 Å². The average Bonchev–Trinajstić information content (AvgIpc) is 3.43. The number of hydrogen-bond donors (Lipinski definition) is 1. The van der Waals surface area contributed by atoms with Crippen molar-refractivity contribution < 1.29 is 9.53 Å². The maximum absolute atomic E-state index is 13.4. The molecule has 2 aliphatic heterocycles. The first kappa shape index (κ1) is 19.7. The Hall–Kier alpha value is -2.22. The van der Waals surface area contributed by atoms with E-state index in [-0.39, 0.29) is 5.91 Å². The lowest BCUT2D eigenvalue weighted by Gasteiger charge is -2.35. The molecule has 7 heteroatoms. The number of fused-ring (bicyclic) bond motifs is 1. The molecule has 2 fully saturated rings. The van der Waals surface area contributed by atoms with Crippen molar-refractivity contribution in [3.05, 3.63) is 52.9 Å². The highest BCUT2D eigenvalue weighted by atomic mass is 32.1. The predicted molar refractivity (Wildman–Crippen MR) is 119 cm³/mol. The fraction of sp³-hybridized carbons (Fsp3) is 0.478. The van der Waals surface area contributed by atoms with Gasteiger partial charge in [-0.05, 0) is 42.8 Å². The molecule has 5 rings (SSSR count). The van der Waals surface area contributed by atoms with Crippen molar-refractivity contribution in [1.82, 2.24) is 19.8 Å². The summed E-state index contributed by atoms with van der Waals surface area (Å²) < 4.78 is 6.66. The van der Waals surface area contributed by atoms with Gasteiger partial charge >= 0.3 is 0 Å². The normalized spacial score (nSPS) is 20.7. The molecule has 0 unspecified atom stereocenters. The lowest BCUT2D eigenvalue weighted by Crippen LogP contribution is -2.42. The largest absolute Gasteiger partial charge is 0.378 e. The maximum Gasteiger partial charge on any atom is 0.264 e. The second-order valence-electron chi connectivity index (χ2n) is 8.17. The van der Waals surface area contributed by atoms with Gasteiger partial charge < -0.3 is 14.6 Å². The van der Waals surface area contributed by atoms with Crippen LogP contribution in [0, 0.1) is 0 Å². The molecule has 0 radical (unpaired) electrons. The number of imidazole rings is 1. The number of hydrogen-bond acceptors (Lipinski definition) is 5. The number of nitrogens with one attached hydrogen (secondary N) is 1. The smallest absolute Gasteiger partial charge is 0.264 e. The van der Waals surface area contributed by atoms with E-state index in [2.05, 4.69) is 39.1 Å². The van der Waals surface area contributed by atoms with Gasteiger partial charge in [0, 0.05) is 36.2 Å². The molecule has 0 saturated carbocycles. The monoisotopic (exact) mass is 424 g/mol. The Morgan fingerprint density at radius 3 is 2.90 bits per heavy atom. The van der Waals surface area contributed by atoms with E-state index in [4.69, 9.17) is 4.74 Å². The molecule has 2 aromatic heterocycles. The minimum atomic E-state index is 0.169. The van der Waals surface area contributed by atoms with Crippen molar-refractivity contribution in [3.8, 4) is 0 Å². The van der Waals surface area contributed by atoms with Crippen molar-refractivity contribution in [2.45, 2.75) is 38.3 Å². The Bertz CT molecular complexity index is 994. The summed E-state index contributed by atoms with van der Waals surface area (Å²) in [6.07, 6.45) is 8.25. The van der Waals surface area contributed by atoms with E-state index >= 15 is 0 Å². The van der Waals surface area contributed by atoms with E-state index in [0.29, 0.717) is 32.3 Å². The summed E-state index contributed by atoms with van der Waals surface area (Å²) in [4.78, 5) is 26.5. The molecule has 2 saturated heterocycles. The van der Waals surface area contributed by atoms with Gasteiger partial charge in [0.15, 0.2) is 0 Å². The van der Waals surface area contributed by atoms with Gasteiger partial charge in [0.25, 0.3) is 5.91 Å². The molecule has 0 bridgehead atoms. The van der Waals surface area contributed by atoms with Crippen LogP contribution in [-0.4, -0.2) is 64.6 Å². The van der Waals surface area contributed by atoms with Crippen LogP contribution >= 0.6 is 11.3 Å². The minimum Gasteiger partial charge on any atom is -0.378 e. The van der Waals surface area contributed by atoms with E-state index < -0.39 is 0 Å². The molecule has 1 atom stereocenters. The van der Waals surface area contributed by atoms with Crippen molar-refractivity contribution in [3.63, 3.8) is 0 Å². The number of amides is 1. The van der Waals surface area contributed by atoms with Gasteiger partial charge in [0.05, 0.1) is 24.6 Å². The number of ether oxygens (including phenoxy) is 1. The minimum absolute atomic E-state index is 0.169. The number of morpholine rings is 1. The second kappa shape index (κ2) is 8.88. The zero-order chi connectivity index (χ0) is 20.3. The molecule has 1 N–H and O–H groups in total. The van der Waals surface area contributed by atoms with Crippen LogP contribution in [0.5, 0.6) is 0 Å². The number of benzene rings is 1. The summed E-state index contributed by atoms with van der Waals surface area (Å²) in [7, 11) is 0. The Morgan fingerprint density at radius 1 is 1.20 bits per heavy atom. The second-order valence-corrected chi connectivity index (χ2v) is 9.22. The average molecular weight is 425 g/mol. The quantitative estimate of drug-likeness (QED) is 0.679. The van der Waals surface area contributed by atoms with Gasteiger partial charge in [0.1, 0.15) is 5.82 Å². The van der Waals surface area contributed by atoms with Gasteiger partial charge in [0.2, 0.25) is 0 Å². The summed E-state index contributed by atoms with van der Waals surface area (Å²) in [5.41, 5.74) is 1.23. The number of thiophene rings is 1. The first-order valence-electron chi connectivity index (χ1n) is 10.9. The molecule has 0 spiro atoms. The van der Waals surface area contributed by atoms with Crippen LogP contribution in [0.2, 0.25) is 0 Å². The zero-order valence-corrected chi connectivity index (χ0v) is 18.0. The molecule has 2 aliphatic rings. The molecule has 4 heterocycles. The van der Waals surface area contributed by atoms with Gasteiger partial charge in [-0.2, -0.15) is 0 Å². The first-order chi connectivity index (χ1) is 14.8. The van der Waals surface area contributed by atoms with Crippen LogP contribution in [-0.2, 0) is 17.7 Å². The van der Waals surface area contributed by atoms with Crippen LogP contribution in [0.15, 0.2) is 36.7 Å². The van der Waals surface area contributed by atoms with E-state index in [1.54, 1.807) is 11.3 Å². The third kappa shape index (κ3) is 4.02. The van der Waals surface area contributed by atoms with E-state index in [1.165, 1.54) is 28.5 Å². The lowest BCUT2D eigenvalue weighted by atomic mass is 9.94. The maximum atomic E-state index is 13.4. The van der Waals surface area contributed by atoms with Crippen LogP contribution < -0.4 is 0 Å². The highest BCUT2D eigenvalue weighted by Crippen LogP contribution is 2.35. The van der Waals surface area contributed by atoms with Gasteiger partial charge in [-0.25, -0.2) is 4.98 Å². The highest BCUT2D eigenvalue weighted by molar-refractivity contribution is 7.21. The standard InChI is InChI=1S/C23H28N4O2S/c28-23(26-11-13-29-14-12-26)22-19(18-6-1-2-7-20(18)30-22)15-17-5-3-4-10-27(17)16-21-24-8-9-25-21/h1-2,6-9,17H,3-5,10-16H2,(H,24,25)/t17-/m0/s1. The number of aromatic nitrogens is 2. The summed E-state index contributed by atoms with van der Waals surface area (Å²) >= 11 is 1.65. The number of carbonyl (C=O) groups excluding carboxylic acids is 1. The summed E-state index contributed by atoms with van der Waals surface area (Å²) in [5, 5.41) is 1.24. The molecule has 158 valence electrons. The molecule has 30 heavy (non-hydrogen) atoms. The molecular formula is C23H28N4O2S. The Morgan fingerprint density at radius 2 is 2.07 bits per heavy atom. The summed E-state index contributed by atoms with van der Waals surface area (Å²) in [5.74, 6) is 1.18. The lowest BCUT2D eigenvalue weighted by molar-refractivity contribution is 0.0305. The predicted octanol–water partition coefficient (Wildman–Crippen LogP) is 3.69. The Labute approximate surface area is 180 Å². The highest BCUT2D eigenvalue weighted by Gasteiger charge is 2.29. The molecule has 1 aromatic carbocycles. The van der Waals surface area contributed by atoms with Crippen molar-refractivity contribution >= 4 is 27.3 Å². The summed E-state index contributed by atoms with van der Waals surface area (Å²) in [6.45, 7) is 4.55. The van der Waals surface area contributed by atoms with Crippen LogP contribution in [0.25, 0.3) is 10.1 Å². The Kier molecular flexibility index (Phi) is 5.84. The van der Waals surface area contributed by atoms with Crippen LogP contribution in [0.4, 0.5) is 0 Å². The number of piperidine rings is 1. The topological polar surface area (TPSA) is 61.5 Å². The van der Waals surface area contributed by atoms with Crippen molar-refractivity contribution in [2.24, 2.45) is 0 Å². The number of aromatic amines is 1. The van der Waals surface area contributed by atoms with Crippen molar-refractivity contribution in [1.29, 1.82) is 0 Å². The number of carbonyl (C=O) groups is 1. The number of rotatable bonds is 5. The summed E-state index contributed by atoms with van der Waals surface area (Å²) in [6, 6.07) is 8.90. The number of nitrogens with zero attached hydrogens (tertiary/aromatic N) is 3. The molecule has 0 aliphatic carbocycles. The van der Waals surface area contributed by atoms with E-state index in [0.717, 1.165) is 36.6 Å². The van der Waals surface area contributed by atoms with E-state index in [1.807, 2.05) is 17.3 Å². The van der Waals surface area contributed by atoms with Crippen LogP contribution in [0.1, 0.15) is 40.3 Å². The number of likely N-dealkylation sites (tertiary alicyclic amines) is 1. The van der Waals surface area contributed by atoms with E-state index in [9.17, 15) is 4.79 Å². The van der Waals surface area contributed by atoms with Crippen LogP contribution in [0.3, 0.4) is 0 Å². The van der Waals surface area contributed by atoms with Gasteiger partial charge in [-0.1, -0.05) is 24.6 Å². The fourth-order valence-corrected chi connectivity index (χ4v) is 5.90. The molecule has 3 aromatic rings. The first-order valence-corrected chi connectivity index (χ1v) is 11.7. The molecule has 1 amide bonds. The molecular weight excluding hydrogens is 396 g/mol. The van der Waals surface area contributed by atoms with Gasteiger partial charge in [-0.15, -0.1) is 11.3 Å². The third-order valence-electron chi connectivity index (χ3n) is 6.29.